The molecule has 166 valence electrons. The van der Waals surface area contributed by atoms with Gasteiger partial charge in [-0.05, 0) is 30.4 Å². The van der Waals surface area contributed by atoms with Gasteiger partial charge in [0.1, 0.15) is 6.26 Å². The van der Waals surface area contributed by atoms with Crippen molar-refractivity contribution in [3.05, 3.63) is 66.4 Å². The number of sulfonamides is 1. The van der Waals surface area contributed by atoms with Crippen LogP contribution in [0.2, 0.25) is 0 Å². The highest BCUT2D eigenvalue weighted by Crippen LogP contribution is 2.25. The van der Waals surface area contributed by atoms with Gasteiger partial charge >= 0.3 is 0 Å². The first-order valence-electron chi connectivity index (χ1n) is 10.1. The fourth-order valence-electron chi connectivity index (χ4n) is 3.55. The highest BCUT2D eigenvalue weighted by atomic mass is 32.2. The van der Waals surface area contributed by atoms with Crippen molar-refractivity contribution in [2.45, 2.75) is 30.9 Å². The van der Waals surface area contributed by atoms with Gasteiger partial charge in [-0.3, -0.25) is 9.59 Å². The lowest BCUT2D eigenvalue weighted by Gasteiger charge is -2.35. The molecule has 0 radical (unpaired) electrons. The van der Waals surface area contributed by atoms with E-state index in [9.17, 15) is 18.0 Å². The maximum Gasteiger partial charge on any atom is 0.276 e. The summed E-state index contributed by atoms with van der Waals surface area (Å²) >= 11 is 0. The summed E-state index contributed by atoms with van der Waals surface area (Å²) < 4.78 is 32.5. The summed E-state index contributed by atoms with van der Waals surface area (Å²) in [4.78, 5) is 23.9. The Bertz CT molecular complexity index is 1030. The van der Waals surface area contributed by atoms with Crippen LogP contribution in [0.4, 0.5) is 0 Å². The lowest BCUT2D eigenvalue weighted by atomic mass is 9.95. The normalized spacial score (nSPS) is 19.5. The van der Waals surface area contributed by atoms with Gasteiger partial charge in [-0.15, -0.1) is 0 Å². The summed E-state index contributed by atoms with van der Waals surface area (Å²) in [7, 11) is -3.87. The first kappa shape index (κ1) is 22.8. The van der Waals surface area contributed by atoms with Crippen LogP contribution in [0.5, 0.6) is 0 Å². The van der Waals surface area contributed by atoms with E-state index in [1.54, 1.807) is 0 Å². The summed E-state index contributed by atoms with van der Waals surface area (Å²) in [5.41, 5.74) is 1.26. The molecule has 0 saturated carbocycles. The van der Waals surface area contributed by atoms with Crippen molar-refractivity contribution >= 4 is 21.8 Å². The third-order valence-electron chi connectivity index (χ3n) is 5.35. The molecule has 0 bridgehead atoms. The van der Waals surface area contributed by atoms with Gasteiger partial charge in [0, 0.05) is 31.7 Å². The second-order valence-electron chi connectivity index (χ2n) is 7.59. The number of hydrogen-bond acceptors (Lipinski definition) is 5. The van der Waals surface area contributed by atoms with Gasteiger partial charge in [0.15, 0.2) is 0 Å². The summed E-state index contributed by atoms with van der Waals surface area (Å²) in [6.45, 7) is 6.22. The van der Waals surface area contributed by atoms with E-state index in [1.807, 2.05) is 37.3 Å². The van der Waals surface area contributed by atoms with Crippen LogP contribution in [0.3, 0.4) is 0 Å². The SMILES string of the molecule is C=CC(=O)NC1CCN(S(=O)(=O)c2cc(C(=O)NCCc3ccccc3)co2)CC1C. The number of rotatable bonds is 8. The van der Waals surface area contributed by atoms with Crippen molar-refractivity contribution in [3.8, 4) is 0 Å². The monoisotopic (exact) mass is 445 g/mol. The molecule has 8 nitrogen and oxygen atoms in total. The minimum Gasteiger partial charge on any atom is -0.451 e. The van der Waals surface area contributed by atoms with Gasteiger partial charge in [-0.25, -0.2) is 8.42 Å². The van der Waals surface area contributed by atoms with Gasteiger partial charge in [0.2, 0.25) is 11.0 Å². The zero-order chi connectivity index (χ0) is 22.4. The van der Waals surface area contributed by atoms with Crippen molar-refractivity contribution in [2.24, 2.45) is 5.92 Å². The van der Waals surface area contributed by atoms with Gasteiger partial charge in [-0.1, -0.05) is 43.8 Å². The number of nitrogens with one attached hydrogen (secondary N) is 2. The van der Waals surface area contributed by atoms with Crippen LogP contribution >= 0.6 is 0 Å². The molecule has 1 aromatic carbocycles. The largest absolute Gasteiger partial charge is 0.451 e. The molecule has 2 N–H and O–H groups in total. The van der Waals surface area contributed by atoms with Crippen LogP contribution in [0, 0.1) is 5.92 Å². The lowest BCUT2D eigenvalue weighted by molar-refractivity contribution is -0.117. The molecule has 1 aliphatic rings. The average molecular weight is 446 g/mol. The van der Waals surface area contributed by atoms with Gasteiger partial charge in [-0.2, -0.15) is 4.31 Å². The summed E-state index contributed by atoms with van der Waals surface area (Å²) in [5, 5.41) is 5.34. The van der Waals surface area contributed by atoms with E-state index in [0.29, 0.717) is 19.4 Å². The van der Waals surface area contributed by atoms with Crippen LogP contribution in [0.15, 0.2) is 64.8 Å². The Morgan fingerprint density at radius 1 is 1.29 bits per heavy atom. The van der Waals surface area contributed by atoms with Crippen LogP contribution < -0.4 is 10.6 Å². The number of furan rings is 1. The summed E-state index contributed by atoms with van der Waals surface area (Å²) in [5.74, 6) is -0.745. The summed E-state index contributed by atoms with van der Waals surface area (Å²) in [6, 6.07) is 10.9. The van der Waals surface area contributed by atoms with E-state index in [2.05, 4.69) is 17.2 Å². The van der Waals surface area contributed by atoms with Crippen molar-refractivity contribution in [1.82, 2.24) is 14.9 Å². The van der Waals surface area contributed by atoms with Crippen molar-refractivity contribution < 1.29 is 22.4 Å². The lowest BCUT2D eigenvalue weighted by Crippen LogP contribution is -2.51. The quantitative estimate of drug-likeness (QED) is 0.604. The maximum atomic E-state index is 12.9. The number of benzene rings is 1. The molecule has 1 fully saturated rings. The Morgan fingerprint density at radius 2 is 2.03 bits per heavy atom. The number of carbonyl (C=O) groups is 2. The summed E-state index contributed by atoms with van der Waals surface area (Å²) in [6.07, 6.45) is 3.51. The number of nitrogens with zero attached hydrogens (tertiary/aromatic N) is 1. The molecule has 2 atom stereocenters. The first-order chi connectivity index (χ1) is 14.8. The van der Waals surface area contributed by atoms with Crippen molar-refractivity contribution in [3.63, 3.8) is 0 Å². The molecule has 0 aliphatic carbocycles. The van der Waals surface area contributed by atoms with Crippen molar-refractivity contribution in [2.75, 3.05) is 19.6 Å². The Hall–Kier alpha value is -2.91. The fourth-order valence-corrected chi connectivity index (χ4v) is 5.02. The van der Waals surface area contributed by atoms with E-state index < -0.39 is 10.0 Å². The molecule has 2 heterocycles. The molecule has 2 aromatic rings. The fraction of sp³-hybridized carbons (Fsp3) is 0.364. The molecule has 9 heteroatoms. The second kappa shape index (κ2) is 9.93. The molecule has 1 aromatic heterocycles. The Kier molecular flexibility index (Phi) is 7.29. The van der Waals surface area contributed by atoms with Crippen LogP contribution in [0.1, 0.15) is 29.3 Å². The molecule has 1 saturated heterocycles. The smallest absolute Gasteiger partial charge is 0.276 e. The van der Waals surface area contributed by atoms with Crippen LogP contribution in [0.25, 0.3) is 0 Å². The molecule has 1 aliphatic heterocycles. The zero-order valence-corrected chi connectivity index (χ0v) is 18.2. The number of amides is 2. The minimum absolute atomic E-state index is 0.0804. The highest BCUT2D eigenvalue weighted by Gasteiger charge is 2.35. The Morgan fingerprint density at radius 3 is 2.71 bits per heavy atom. The highest BCUT2D eigenvalue weighted by molar-refractivity contribution is 7.89. The Balaban J connectivity index is 1.58. The minimum atomic E-state index is -3.87. The van der Waals surface area contributed by atoms with Gasteiger partial charge < -0.3 is 15.1 Å². The number of hydrogen-bond donors (Lipinski definition) is 2. The van der Waals surface area contributed by atoms with Gasteiger partial charge in [0.25, 0.3) is 15.9 Å². The van der Waals surface area contributed by atoms with E-state index in [0.717, 1.165) is 11.8 Å². The van der Waals surface area contributed by atoms with Gasteiger partial charge in [0.05, 0.1) is 5.56 Å². The van der Waals surface area contributed by atoms with E-state index in [4.69, 9.17) is 4.42 Å². The average Bonchev–Trinajstić information content (AvgIpc) is 3.27. The van der Waals surface area contributed by atoms with E-state index >= 15 is 0 Å². The Labute approximate surface area is 182 Å². The van der Waals surface area contributed by atoms with E-state index in [-0.39, 0.29) is 47.5 Å². The third kappa shape index (κ3) is 5.62. The predicted molar refractivity (Wildman–Crippen MR) is 116 cm³/mol. The maximum absolute atomic E-state index is 12.9. The van der Waals surface area contributed by atoms with Crippen LogP contribution in [-0.2, 0) is 21.2 Å². The number of piperidine rings is 1. The molecular weight excluding hydrogens is 418 g/mol. The van der Waals surface area contributed by atoms with Crippen LogP contribution in [-0.4, -0.2) is 50.2 Å². The predicted octanol–water partition coefficient (Wildman–Crippen LogP) is 1.95. The molecular formula is C22H27N3O5S. The topological polar surface area (TPSA) is 109 Å². The standard InChI is InChI=1S/C22H27N3O5S/c1-3-20(26)24-19-10-12-25(14-16(19)2)31(28,29)21-13-18(15-30-21)22(27)23-11-9-17-7-5-4-6-8-17/h3-8,13,15-16,19H,1,9-12,14H2,2H3,(H,23,27)(H,24,26). The molecule has 0 spiro atoms. The second-order valence-corrected chi connectivity index (χ2v) is 9.46. The molecule has 31 heavy (non-hydrogen) atoms. The molecule has 2 unspecified atom stereocenters. The number of carbonyl (C=O) groups excluding carboxylic acids is 2. The van der Waals surface area contributed by atoms with E-state index in [1.165, 1.54) is 16.4 Å². The third-order valence-corrected chi connectivity index (χ3v) is 7.09. The molecule has 3 rings (SSSR count). The zero-order valence-electron chi connectivity index (χ0n) is 17.4. The van der Waals surface area contributed by atoms with Crippen molar-refractivity contribution in [1.29, 1.82) is 0 Å². The molecule has 2 amide bonds. The first-order valence-corrected chi connectivity index (χ1v) is 11.6.